The molecule has 0 N–H and O–H groups in total. The predicted octanol–water partition coefficient (Wildman–Crippen LogP) is 2.01. The fourth-order valence-electron chi connectivity index (χ4n) is 1.18. The maximum Gasteiger partial charge on any atom is 0.151 e. The van der Waals surface area contributed by atoms with Crippen molar-refractivity contribution >= 4 is 11.0 Å². The van der Waals surface area contributed by atoms with Crippen LogP contribution in [0.5, 0.6) is 0 Å². The molecule has 0 unspecified atom stereocenters. The van der Waals surface area contributed by atoms with E-state index in [0.717, 1.165) is 16.7 Å². The summed E-state index contributed by atoms with van der Waals surface area (Å²) in [6, 6.07) is 5.59. The van der Waals surface area contributed by atoms with Gasteiger partial charge in [0, 0.05) is 6.20 Å². The molecule has 2 aromatic rings. The van der Waals surface area contributed by atoms with Gasteiger partial charge in [0.05, 0.1) is 5.39 Å². The summed E-state index contributed by atoms with van der Waals surface area (Å²) in [7, 11) is 0. The van der Waals surface area contributed by atoms with Crippen LogP contribution in [0, 0.1) is 18.3 Å². The lowest BCUT2D eigenvalue weighted by atomic mass is 10.2. The first-order chi connectivity index (χ1) is 5.81. The number of hydrogen-bond donors (Lipinski definition) is 0. The van der Waals surface area contributed by atoms with E-state index in [-0.39, 0.29) is 0 Å². The number of aryl methyl sites for hydroxylation is 1. The Morgan fingerprint density at radius 1 is 1.58 bits per heavy atom. The Bertz CT molecular complexity index is 465. The molecule has 0 aliphatic rings. The van der Waals surface area contributed by atoms with E-state index >= 15 is 0 Å². The molecule has 0 saturated heterocycles. The molecular weight excluding hydrogens is 152 g/mol. The molecule has 12 heavy (non-hydrogen) atoms. The van der Waals surface area contributed by atoms with E-state index in [1.54, 1.807) is 12.3 Å². The smallest absolute Gasteiger partial charge is 0.151 e. The molecule has 0 fully saturated rings. The minimum atomic E-state index is 0.421. The summed E-state index contributed by atoms with van der Waals surface area (Å²) in [6.07, 6.45) is 1.57. The molecule has 0 aliphatic carbocycles. The first-order valence-corrected chi connectivity index (χ1v) is 3.56. The van der Waals surface area contributed by atoms with Crippen LogP contribution in [-0.4, -0.2) is 4.98 Å². The number of rotatable bonds is 0. The van der Waals surface area contributed by atoms with E-state index in [1.165, 1.54) is 0 Å². The van der Waals surface area contributed by atoms with Gasteiger partial charge in [-0.15, -0.1) is 0 Å². The highest BCUT2D eigenvalue weighted by Gasteiger charge is 2.04. The summed E-state index contributed by atoms with van der Waals surface area (Å²) < 4.78 is 5.32. The van der Waals surface area contributed by atoms with Crippen molar-refractivity contribution in [2.24, 2.45) is 0 Å². The Labute approximate surface area is 69.2 Å². The van der Waals surface area contributed by atoms with E-state index in [4.69, 9.17) is 9.68 Å². The third-order valence-corrected chi connectivity index (χ3v) is 1.67. The molecule has 3 heteroatoms. The highest BCUT2D eigenvalue weighted by atomic mass is 16.3. The number of pyridine rings is 1. The van der Waals surface area contributed by atoms with E-state index in [0.29, 0.717) is 5.69 Å². The van der Waals surface area contributed by atoms with Crippen molar-refractivity contribution in [2.75, 3.05) is 0 Å². The topological polar surface area (TPSA) is 49.8 Å². The van der Waals surface area contributed by atoms with Gasteiger partial charge in [0.1, 0.15) is 17.4 Å². The maximum atomic E-state index is 8.69. The summed E-state index contributed by atoms with van der Waals surface area (Å²) >= 11 is 0. The minimum Gasteiger partial charge on any atom is -0.461 e. The molecule has 2 aromatic heterocycles. The number of nitriles is 1. The normalized spacial score (nSPS) is 10.0. The van der Waals surface area contributed by atoms with E-state index in [1.807, 2.05) is 19.1 Å². The average Bonchev–Trinajstić information content (AvgIpc) is 2.44. The largest absolute Gasteiger partial charge is 0.461 e. The molecule has 0 amide bonds. The zero-order valence-electron chi connectivity index (χ0n) is 6.53. The third kappa shape index (κ3) is 0.857. The Kier molecular flexibility index (Phi) is 1.34. The summed E-state index contributed by atoms with van der Waals surface area (Å²) in [5, 5.41) is 9.48. The lowest BCUT2D eigenvalue weighted by Gasteiger charge is -1.87. The second kappa shape index (κ2) is 2.35. The standard InChI is InChI=1S/C9H6N2O/c1-6-4-7-8(5-10)11-3-2-9(7)12-6/h2-4H,1H3. The molecule has 0 atom stereocenters. The van der Waals surface area contributed by atoms with Gasteiger partial charge < -0.3 is 4.42 Å². The van der Waals surface area contributed by atoms with Gasteiger partial charge in [0.25, 0.3) is 0 Å². The molecule has 0 bridgehead atoms. The predicted molar refractivity (Wildman–Crippen MR) is 43.5 cm³/mol. The van der Waals surface area contributed by atoms with Crippen LogP contribution in [-0.2, 0) is 0 Å². The van der Waals surface area contributed by atoms with Gasteiger partial charge in [-0.3, -0.25) is 0 Å². The molecule has 0 aromatic carbocycles. The van der Waals surface area contributed by atoms with Gasteiger partial charge in [-0.25, -0.2) is 4.98 Å². The summed E-state index contributed by atoms with van der Waals surface area (Å²) in [5.74, 6) is 0.800. The quantitative estimate of drug-likeness (QED) is 0.589. The molecule has 0 radical (unpaired) electrons. The SMILES string of the molecule is Cc1cc2c(C#N)nccc2o1. The fourth-order valence-corrected chi connectivity index (χ4v) is 1.18. The number of nitrogens with zero attached hydrogens (tertiary/aromatic N) is 2. The minimum absolute atomic E-state index is 0.421. The Morgan fingerprint density at radius 2 is 2.42 bits per heavy atom. The van der Waals surface area contributed by atoms with Crippen molar-refractivity contribution in [1.29, 1.82) is 5.26 Å². The highest BCUT2D eigenvalue weighted by molar-refractivity contribution is 5.82. The summed E-state index contributed by atoms with van der Waals surface area (Å²) in [4.78, 5) is 3.92. The van der Waals surface area contributed by atoms with E-state index in [9.17, 15) is 0 Å². The van der Waals surface area contributed by atoms with Crippen LogP contribution in [0.15, 0.2) is 22.7 Å². The van der Waals surface area contributed by atoms with Gasteiger partial charge in [-0.2, -0.15) is 5.26 Å². The van der Waals surface area contributed by atoms with Gasteiger partial charge in [-0.05, 0) is 19.1 Å². The second-order valence-electron chi connectivity index (χ2n) is 2.54. The van der Waals surface area contributed by atoms with Crippen LogP contribution < -0.4 is 0 Å². The van der Waals surface area contributed by atoms with E-state index in [2.05, 4.69) is 4.98 Å². The second-order valence-corrected chi connectivity index (χ2v) is 2.54. The Balaban J connectivity index is 2.89. The lowest BCUT2D eigenvalue weighted by Crippen LogP contribution is -1.79. The Morgan fingerprint density at radius 3 is 3.17 bits per heavy atom. The molecular formula is C9H6N2O. The van der Waals surface area contributed by atoms with E-state index < -0.39 is 0 Å². The average molecular weight is 158 g/mol. The number of fused-ring (bicyclic) bond motifs is 1. The molecule has 3 nitrogen and oxygen atoms in total. The molecule has 0 spiro atoms. The maximum absolute atomic E-state index is 8.69. The number of aromatic nitrogens is 1. The van der Waals surface area contributed by atoms with Crippen LogP contribution in [0.1, 0.15) is 11.5 Å². The summed E-state index contributed by atoms with van der Waals surface area (Å²) in [5.41, 5.74) is 1.14. The highest BCUT2D eigenvalue weighted by Crippen LogP contribution is 2.19. The number of hydrogen-bond acceptors (Lipinski definition) is 3. The summed E-state index contributed by atoms with van der Waals surface area (Å²) in [6.45, 7) is 1.85. The van der Waals surface area contributed by atoms with Crippen LogP contribution >= 0.6 is 0 Å². The van der Waals surface area contributed by atoms with Gasteiger partial charge >= 0.3 is 0 Å². The van der Waals surface area contributed by atoms with Crippen LogP contribution in [0.3, 0.4) is 0 Å². The third-order valence-electron chi connectivity index (χ3n) is 1.67. The van der Waals surface area contributed by atoms with Crippen molar-refractivity contribution in [3.63, 3.8) is 0 Å². The zero-order valence-corrected chi connectivity index (χ0v) is 6.53. The molecule has 58 valence electrons. The number of furan rings is 1. The van der Waals surface area contributed by atoms with Crippen molar-refractivity contribution < 1.29 is 4.42 Å². The zero-order chi connectivity index (χ0) is 8.55. The Hall–Kier alpha value is -1.82. The first kappa shape index (κ1) is 6.86. The van der Waals surface area contributed by atoms with Gasteiger partial charge in [0.2, 0.25) is 0 Å². The van der Waals surface area contributed by atoms with Crippen LogP contribution in [0.2, 0.25) is 0 Å². The van der Waals surface area contributed by atoms with Gasteiger partial charge in [-0.1, -0.05) is 0 Å². The van der Waals surface area contributed by atoms with Crippen LogP contribution in [0.25, 0.3) is 11.0 Å². The first-order valence-electron chi connectivity index (χ1n) is 3.56. The monoisotopic (exact) mass is 158 g/mol. The van der Waals surface area contributed by atoms with Crippen molar-refractivity contribution in [1.82, 2.24) is 4.98 Å². The van der Waals surface area contributed by atoms with Gasteiger partial charge in [0.15, 0.2) is 5.69 Å². The van der Waals surface area contributed by atoms with Crippen molar-refractivity contribution in [2.45, 2.75) is 6.92 Å². The van der Waals surface area contributed by atoms with Crippen LogP contribution in [0.4, 0.5) is 0 Å². The van der Waals surface area contributed by atoms with Crippen molar-refractivity contribution in [3.8, 4) is 6.07 Å². The molecule has 0 aliphatic heterocycles. The fraction of sp³-hybridized carbons (Fsp3) is 0.111. The van der Waals surface area contributed by atoms with Crippen molar-refractivity contribution in [3.05, 3.63) is 29.8 Å². The molecule has 2 heterocycles. The lowest BCUT2D eigenvalue weighted by molar-refractivity contribution is 0.578. The molecule has 2 rings (SSSR count). The molecule has 0 saturated carbocycles.